The molecule has 0 amide bonds. The van der Waals surface area contributed by atoms with Crippen molar-refractivity contribution in [3.05, 3.63) is 237 Å². The van der Waals surface area contributed by atoms with E-state index in [1.54, 1.807) is 0 Å². The van der Waals surface area contributed by atoms with Gasteiger partial charge in [-0.25, -0.2) is 0 Å². The number of para-hydroxylation sites is 1. The fourth-order valence-corrected chi connectivity index (χ4v) is 10.2. The lowest BCUT2D eigenvalue weighted by Gasteiger charge is -2.33. The molecule has 13 rings (SSSR count). The van der Waals surface area contributed by atoms with Crippen molar-refractivity contribution in [1.82, 2.24) is 0 Å². The Kier molecular flexibility index (Phi) is 8.25. The number of anilines is 3. The lowest BCUT2D eigenvalue weighted by Crippen LogP contribution is -2.10. The predicted octanol–water partition coefficient (Wildman–Crippen LogP) is 17.7. The van der Waals surface area contributed by atoms with Crippen LogP contribution in [-0.4, -0.2) is 0 Å². The van der Waals surface area contributed by atoms with Gasteiger partial charge in [-0.2, -0.15) is 0 Å². The SMILES string of the molecule is c1ccc(-c2ccc(N(c3ccc(-c4ccc5oc6ccccc6c5c4)cc3)c3ccc4cc5c(cc4c3)-c3c-5c(-c4ccccc4)c4ccccc4c3-c3ccccc3)cc2)cc1. The molecule has 1 heterocycles. The van der Waals surface area contributed by atoms with Crippen molar-refractivity contribution in [2.75, 3.05) is 4.90 Å². The largest absolute Gasteiger partial charge is 0.456 e. The van der Waals surface area contributed by atoms with Gasteiger partial charge in [0.05, 0.1) is 0 Å². The molecule has 0 radical (unpaired) electrons. The summed E-state index contributed by atoms with van der Waals surface area (Å²) in [6.07, 6.45) is 0. The summed E-state index contributed by atoms with van der Waals surface area (Å²) in [6.45, 7) is 0. The molecule has 12 aromatic rings. The molecule has 2 nitrogen and oxygen atoms in total. The fourth-order valence-electron chi connectivity index (χ4n) is 10.2. The van der Waals surface area contributed by atoms with Gasteiger partial charge >= 0.3 is 0 Å². The summed E-state index contributed by atoms with van der Waals surface area (Å²) in [6, 6.07) is 85.9. The third-order valence-corrected chi connectivity index (χ3v) is 13.2. The number of nitrogens with zero attached hydrogens (tertiary/aromatic N) is 1. The quantitative estimate of drug-likeness (QED) is 0.159. The summed E-state index contributed by atoms with van der Waals surface area (Å²) in [5.74, 6) is 0. The van der Waals surface area contributed by atoms with Crippen LogP contribution in [0.2, 0.25) is 0 Å². The van der Waals surface area contributed by atoms with Crippen molar-refractivity contribution in [1.29, 1.82) is 0 Å². The normalized spacial score (nSPS) is 11.8. The highest BCUT2D eigenvalue weighted by molar-refractivity contribution is 6.26. The van der Waals surface area contributed by atoms with Gasteiger partial charge < -0.3 is 9.32 Å². The Morgan fingerprint density at radius 1 is 0.250 bits per heavy atom. The highest BCUT2D eigenvalue weighted by atomic mass is 16.3. The van der Waals surface area contributed by atoms with E-state index in [9.17, 15) is 0 Å². The molecule has 0 bridgehead atoms. The standard InChI is InChI=1S/C62H39NO/c1-4-14-40(15-5-1)41-24-30-48(31-25-41)63(49-32-26-42(27-33-49)45-29-35-58-54(37-45)51-20-12-13-23-57(51)64-58)50-34-28-46-38-55-56(39-47(46)36-50)62-60(44-18-8-3-9-19-44)53-22-11-10-21-52(53)59(61(55)62)43-16-6-2-7-17-43/h1-39H. The average Bonchev–Trinajstić information content (AvgIpc) is 3.74. The maximum Gasteiger partial charge on any atom is 0.135 e. The predicted molar refractivity (Wildman–Crippen MR) is 270 cm³/mol. The molecule has 0 aliphatic heterocycles. The van der Waals surface area contributed by atoms with E-state index < -0.39 is 0 Å². The van der Waals surface area contributed by atoms with Crippen LogP contribution < -0.4 is 4.90 Å². The smallest absolute Gasteiger partial charge is 0.135 e. The maximum atomic E-state index is 6.15. The molecule has 64 heavy (non-hydrogen) atoms. The zero-order chi connectivity index (χ0) is 42.1. The molecule has 1 aliphatic rings. The minimum Gasteiger partial charge on any atom is -0.456 e. The van der Waals surface area contributed by atoms with E-state index in [1.165, 1.54) is 77.2 Å². The molecule has 0 unspecified atom stereocenters. The van der Waals surface area contributed by atoms with Gasteiger partial charge in [-0.1, -0.05) is 170 Å². The Bertz CT molecular complexity index is 3740. The van der Waals surface area contributed by atoms with Gasteiger partial charge in [0.2, 0.25) is 0 Å². The first kappa shape index (κ1) is 36.2. The van der Waals surface area contributed by atoms with E-state index in [4.69, 9.17) is 4.42 Å². The molecular weight excluding hydrogens is 775 g/mol. The number of benzene rings is 11. The van der Waals surface area contributed by atoms with Crippen LogP contribution >= 0.6 is 0 Å². The van der Waals surface area contributed by atoms with Crippen molar-refractivity contribution in [3.63, 3.8) is 0 Å². The highest BCUT2D eigenvalue weighted by Gasteiger charge is 2.32. The summed E-state index contributed by atoms with van der Waals surface area (Å²) in [5, 5.41) is 7.25. The van der Waals surface area contributed by atoms with Crippen molar-refractivity contribution in [2.24, 2.45) is 0 Å². The first-order chi connectivity index (χ1) is 31.7. The summed E-state index contributed by atoms with van der Waals surface area (Å²) in [7, 11) is 0. The van der Waals surface area contributed by atoms with Gasteiger partial charge in [0.1, 0.15) is 11.2 Å². The zero-order valence-corrected chi connectivity index (χ0v) is 34.9. The lowest BCUT2D eigenvalue weighted by atomic mass is 9.70. The second-order valence-electron chi connectivity index (χ2n) is 16.8. The van der Waals surface area contributed by atoms with Crippen LogP contribution in [0.25, 0.3) is 110 Å². The first-order valence-corrected chi connectivity index (χ1v) is 22.0. The van der Waals surface area contributed by atoms with Gasteiger partial charge in [-0.05, 0) is 155 Å². The van der Waals surface area contributed by atoms with E-state index in [-0.39, 0.29) is 0 Å². The van der Waals surface area contributed by atoms with Crippen LogP contribution in [0.4, 0.5) is 17.1 Å². The minimum absolute atomic E-state index is 0.905. The molecule has 1 aromatic heterocycles. The second kappa shape index (κ2) is 14.6. The molecule has 11 aromatic carbocycles. The Hall–Kier alpha value is -8.46. The first-order valence-electron chi connectivity index (χ1n) is 22.0. The van der Waals surface area contributed by atoms with Crippen molar-refractivity contribution >= 4 is 60.5 Å². The lowest BCUT2D eigenvalue weighted by molar-refractivity contribution is 0.669. The molecule has 1 aliphatic carbocycles. The van der Waals surface area contributed by atoms with Crippen LogP contribution in [0.15, 0.2) is 241 Å². The van der Waals surface area contributed by atoms with E-state index in [1.807, 2.05) is 12.1 Å². The summed E-state index contributed by atoms with van der Waals surface area (Å²) < 4.78 is 6.15. The fraction of sp³-hybridized carbons (Fsp3) is 0. The van der Waals surface area contributed by atoms with Crippen molar-refractivity contribution in [2.45, 2.75) is 0 Å². The van der Waals surface area contributed by atoms with E-state index in [0.29, 0.717) is 0 Å². The van der Waals surface area contributed by atoms with Crippen LogP contribution in [0.5, 0.6) is 0 Å². The topological polar surface area (TPSA) is 16.4 Å². The number of fused-ring (bicyclic) bond motifs is 9. The van der Waals surface area contributed by atoms with Gasteiger partial charge in [-0.3, -0.25) is 0 Å². The Morgan fingerprint density at radius 2 is 0.688 bits per heavy atom. The van der Waals surface area contributed by atoms with Gasteiger partial charge in [0.15, 0.2) is 0 Å². The molecule has 298 valence electrons. The van der Waals surface area contributed by atoms with Crippen molar-refractivity contribution < 1.29 is 4.42 Å². The molecule has 0 fully saturated rings. The molecule has 0 N–H and O–H groups in total. The number of rotatable bonds is 7. The Morgan fingerprint density at radius 3 is 1.28 bits per heavy atom. The number of hydrogen-bond donors (Lipinski definition) is 0. The average molecular weight is 814 g/mol. The molecule has 0 saturated carbocycles. The van der Waals surface area contributed by atoms with E-state index >= 15 is 0 Å². The third kappa shape index (κ3) is 5.81. The van der Waals surface area contributed by atoms with Crippen LogP contribution in [-0.2, 0) is 0 Å². The Labute approximate surface area is 371 Å². The minimum atomic E-state index is 0.905. The van der Waals surface area contributed by atoms with E-state index in [0.717, 1.165) is 50.1 Å². The molecule has 0 saturated heterocycles. The summed E-state index contributed by atoms with van der Waals surface area (Å²) >= 11 is 0. The third-order valence-electron chi connectivity index (χ3n) is 13.2. The number of furan rings is 1. The number of hydrogen-bond acceptors (Lipinski definition) is 2. The van der Waals surface area contributed by atoms with Crippen molar-refractivity contribution in [3.8, 4) is 66.8 Å². The van der Waals surface area contributed by atoms with Gasteiger partial charge in [0.25, 0.3) is 0 Å². The zero-order valence-electron chi connectivity index (χ0n) is 34.9. The monoisotopic (exact) mass is 813 g/mol. The van der Waals surface area contributed by atoms with Crippen LogP contribution in [0.1, 0.15) is 0 Å². The van der Waals surface area contributed by atoms with Gasteiger partial charge in [0, 0.05) is 27.8 Å². The van der Waals surface area contributed by atoms with E-state index in [2.05, 4.69) is 229 Å². The molecule has 0 atom stereocenters. The molecular formula is C62H39NO. The van der Waals surface area contributed by atoms with Gasteiger partial charge in [-0.15, -0.1) is 0 Å². The molecule has 0 spiro atoms. The second-order valence-corrected chi connectivity index (χ2v) is 16.8. The summed E-state index contributed by atoms with van der Waals surface area (Å²) in [4.78, 5) is 2.38. The Balaban J connectivity index is 0.957. The van der Waals surface area contributed by atoms with Crippen LogP contribution in [0.3, 0.4) is 0 Å². The highest BCUT2D eigenvalue weighted by Crippen LogP contribution is 2.60. The summed E-state index contributed by atoms with van der Waals surface area (Å²) in [5.41, 5.74) is 20.2. The maximum absolute atomic E-state index is 6.15. The molecule has 2 heteroatoms. The van der Waals surface area contributed by atoms with Crippen LogP contribution in [0, 0.1) is 0 Å².